The molecular weight excluding hydrogens is 386 g/mol. The molecule has 0 N–H and O–H groups in total. The van der Waals surface area contributed by atoms with Crippen LogP contribution in [0.1, 0.15) is 53.9 Å². The summed E-state index contributed by atoms with van der Waals surface area (Å²) in [5.74, 6) is 0.965. The van der Waals surface area contributed by atoms with Crippen molar-refractivity contribution in [3.05, 3.63) is 70.6 Å². The van der Waals surface area contributed by atoms with Crippen molar-refractivity contribution in [1.29, 1.82) is 0 Å². The molecular formula is C23H24ClN3O2. The maximum absolute atomic E-state index is 13.3. The van der Waals surface area contributed by atoms with Crippen LogP contribution < -0.4 is 0 Å². The summed E-state index contributed by atoms with van der Waals surface area (Å²) < 4.78 is 5.49. The summed E-state index contributed by atoms with van der Waals surface area (Å²) in [7, 11) is 0. The van der Waals surface area contributed by atoms with Crippen molar-refractivity contribution in [2.75, 3.05) is 0 Å². The van der Waals surface area contributed by atoms with Gasteiger partial charge in [-0.2, -0.15) is 4.98 Å². The average Bonchev–Trinajstić information content (AvgIpc) is 3.22. The van der Waals surface area contributed by atoms with Crippen LogP contribution in [0.15, 0.2) is 53.1 Å². The number of hydrogen-bond donors (Lipinski definition) is 0. The Hall–Kier alpha value is -2.66. The molecule has 0 radical (unpaired) electrons. The average molecular weight is 410 g/mol. The van der Waals surface area contributed by atoms with E-state index in [0.717, 1.165) is 36.8 Å². The quantitative estimate of drug-likeness (QED) is 0.544. The second-order valence-electron chi connectivity index (χ2n) is 7.61. The summed E-state index contributed by atoms with van der Waals surface area (Å²) in [5, 5.41) is 4.75. The molecule has 3 aromatic rings. The van der Waals surface area contributed by atoms with Crippen LogP contribution in [-0.4, -0.2) is 27.0 Å². The van der Waals surface area contributed by atoms with Crippen molar-refractivity contribution in [2.24, 2.45) is 0 Å². The molecule has 1 fully saturated rings. The van der Waals surface area contributed by atoms with Crippen LogP contribution in [0.2, 0.25) is 5.02 Å². The van der Waals surface area contributed by atoms with E-state index in [1.54, 1.807) is 12.1 Å². The molecule has 4 rings (SSSR count). The van der Waals surface area contributed by atoms with E-state index in [1.807, 2.05) is 48.2 Å². The second kappa shape index (κ2) is 8.78. The number of hydrogen-bond acceptors (Lipinski definition) is 4. The fourth-order valence-corrected chi connectivity index (χ4v) is 3.93. The zero-order chi connectivity index (χ0) is 20.2. The Morgan fingerprint density at radius 2 is 1.76 bits per heavy atom. The predicted molar refractivity (Wildman–Crippen MR) is 113 cm³/mol. The molecule has 2 aromatic carbocycles. The first-order valence-corrected chi connectivity index (χ1v) is 10.4. The highest BCUT2D eigenvalue weighted by Crippen LogP contribution is 2.26. The number of amides is 1. The number of carbonyl (C=O) groups excluding carboxylic acids is 1. The molecule has 1 aliphatic carbocycles. The molecule has 0 unspecified atom stereocenters. The SMILES string of the molecule is Cc1ccc(C(=O)N(Cc2nc(-c3ccc(Cl)cc3)no2)C2CCCCC2)cc1. The number of aromatic nitrogens is 2. The number of carbonyl (C=O) groups is 1. The highest BCUT2D eigenvalue weighted by molar-refractivity contribution is 6.30. The van der Waals surface area contributed by atoms with E-state index >= 15 is 0 Å². The van der Waals surface area contributed by atoms with E-state index in [0.29, 0.717) is 28.8 Å². The van der Waals surface area contributed by atoms with Gasteiger partial charge in [0.05, 0.1) is 0 Å². The minimum absolute atomic E-state index is 0.0168. The van der Waals surface area contributed by atoms with Crippen LogP contribution in [-0.2, 0) is 6.54 Å². The summed E-state index contributed by atoms with van der Waals surface area (Å²) in [4.78, 5) is 19.7. The van der Waals surface area contributed by atoms with Crippen molar-refractivity contribution in [1.82, 2.24) is 15.0 Å². The molecule has 0 atom stereocenters. The van der Waals surface area contributed by atoms with Crippen molar-refractivity contribution < 1.29 is 9.32 Å². The highest BCUT2D eigenvalue weighted by atomic mass is 35.5. The van der Waals surface area contributed by atoms with Gasteiger partial charge in [-0.05, 0) is 56.2 Å². The zero-order valence-corrected chi connectivity index (χ0v) is 17.2. The first-order chi connectivity index (χ1) is 14.1. The zero-order valence-electron chi connectivity index (χ0n) is 16.5. The van der Waals surface area contributed by atoms with E-state index in [-0.39, 0.29) is 11.9 Å². The van der Waals surface area contributed by atoms with Gasteiger partial charge in [-0.3, -0.25) is 4.79 Å². The lowest BCUT2D eigenvalue weighted by atomic mass is 9.93. The van der Waals surface area contributed by atoms with Crippen LogP contribution in [0.25, 0.3) is 11.4 Å². The van der Waals surface area contributed by atoms with Crippen LogP contribution >= 0.6 is 11.6 Å². The van der Waals surface area contributed by atoms with Gasteiger partial charge < -0.3 is 9.42 Å². The van der Waals surface area contributed by atoms with Gasteiger partial charge in [0.2, 0.25) is 11.7 Å². The maximum Gasteiger partial charge on any atom is 0.254 e. The van der Waals surface area contributed by atoms with Crippen LogP contribution in [0.5, 0.6) is 0 Å². The third-order valence-corrected chi connectivity index (χ3v) is 5.70. The monoisotopic (exact) mass is 409 g/mol. The van der Waals surface area contributed by atoms with Crippen molar-refractivity contribution in [2.45, 2.75) is 51.6 Å². The van der Waals surface area contributed by atoms with Crippen molar-refractivity contribution in [3.8, 4) is 11.4 Å². The number of aryl methyl sites for hydroxylation is 1. The molecule has 150 valence electrons. The minimum atomic E-state index is 0.0168. The smallest absolute Gasteiger partial charge is 0.254 e. The molecule has 1 saturated carbocycles. The Labute approximate surface area is 175 Å². The van der Waals surface area contributed by atoms with E-state index in [4.69, 9.17) is 16.1 Å². The Kier molecular flexibility index (Phi) is 5.95. The largest absolute Gasteiger partial charge is 0.337 e. The van der Waals surface area contributed by atoms with Gasteiger partial charge in [-0.15, -0.1) is 0 Å². The Balaban J connectivity index is 1.57. The molecule has 1 aromatic heterocycles. The van der Waals surface area contributed by atoms with Gasteiger partial charge in [0.25, 0.3) is 5.91 Å². The van der Waals surface area contributed by atoms with Gasteiger partial charge in [0, 0.05) is 22.2 Å². The second-order valence-corrected chi connectivity index (χ2v) is 8.05. The number of rotatable bonds is 5. The maximum atomic E-state index is 13.3. The fraction of sp³-hybridized carbons (Fsp3) is 0.348. The van der Waals surface area contributed by atoms with E-state index < -0.39 is 0 Å². The Morgan fingerprint density at radius 3 is 2.45 bits per heavy atom. The third-order valence-electron chi connectivity index (χ3n) is 5.45. The van der Waals surface area contributed by atoms with Crippen LogP contribution in [0, 0.1) is 6.92 Å². The summed E-state index contributed by atoms with van der Waals surface area (Å²) in [6.07, 6.45) is 5.53. The molecule has 0 spiro atoms. The minimum Gasteiger partial charge on any atom is -0.337 e. The van der Waals surface area contributed by atoms with Gasteiger partial charge in [-0.25, -0.2) is 0 Å². The van der Waals surface area contributed by atoms with Crippen LogP contribution in [0.3, 0.4) is 0 Å². The molecule has 6 heteroatoms. The Bertz CT molecular complexity index is 961. The third kappa shape index (κ3) is 4.67. The molecule has 5 nitrogen and oxygen atoms in total. The lowest BCUT2D eigenvalue weighted by Gasteiger charge is -2.33. The normalized spacial score (nSPS) is 14.7. The molecule has 0 bridgehead atoms. The standard InChI is InChI=1S/C23H24ClN3O2/c1-16-7-9-18(10-8-16)23(28)27(20-5-3-2-4-6-20)15-21-25-22(26-29-21)17-11-13-19(24)14-12-17/h7-14,20H,2-6,15H2,1H3. The summed E-state index contributed by atoms with van der Waals surface area (Å²) in [5.41, 5.74) is 2.66. The topological polar surface area (TPSA) is 59.2 Å². The first-order valence-electron chi connectivity index (χ1n) is 10.1. The van der Waals surface area contributed by atoms with Gasteiger partial charge >= 0.3 is 0 Å². The molecule has 0 aliphatic heterocycles. The molecule has 1 aliphatic rings. The molecule has 1 amide bonds. The molecule has 0 saturated heterocycles. The predicted octanol–water partition coefficient (Wildman–Crippen LogP) is 5.67. The van der Waals surface area contributed by atoms with E-state index in [2.05, 4.69) is 10.1 Å². The number of nitrogens with zero attached hydrogens (tertiary/aromatic N) is 3. The van der Waals surface area contributed by atoms with Crippen LogP contribution in [0.4, 0.5) is 0 Å². The summed E-state index contributed by atoms with van der Waals surface area (Å²) in [6.45, 7) is 2.34. The van der Waals surface area contributed by atoms with Gasteiger partial charge in [0.15, 0.2) is 0 Å². The lowest BCUT2D eigenvalue weighted by Crippen LogP contribution is -2.41. The lowest BCUT2D eigenvalue weighted by molar-refractivity contribution is 0.0586. The van der Waals surface area contributed by atoms with Crippen molar-refractivity contribution in [3.63, 3.8) is 0 Å². The van der Waals surface area contributed by atoms with Crippen molar-refractivity contribution >= 4 is 17.5 Å². The highest BCUT2D eigenvalue weighted by Gasteiger charge is 2.28. The Morgan fingerprint density at radius 1 is 1.07 bits per heavy atom. The fourth-order valence-electron chi connectivity index (χ4n) is 3.80. The van der Waals surface area contributed by atoms with E-state index in [1.165, 1.54) is 6.42 Å². The number of benzene rings is 2. The number of halogens is 1. The van der Waals surface area contributed by atoms with Gasteiger partial charge in [0.1, 0.15) is 6.54 Å². The summed E-state index contributed by atoms with van der Waals surface area (Å²) in [6, 6.07) is 15.2. The molecule has 1 heterocycles. The first kappa shape index (κ1) is 19.6. The van der Waals surface area contributed by atoms with Gasteiger partial charge in [-0.1, -0.05) is 53.7 Å². The van der Waals surface area contributed by atoms with E-state index in [9.17, 15) is 4.79 Å². The molecule has 29 heavy (non-hydrogen) atoms. The summed E-state index contributed by atoms with van der Waals surface area (Å²) >= 11 is 5.95.